The van der Waals surface area contributed by atoms with Gasteiger partial charge in [-0.1, -0.05) is 25.1 Å². The molecular weight excluding hydrogens is 441 g/mol. The summed E-state index contributed by atoms with van der Waals surface area (Å²) in [6, 6.07) is 19.9. The number of amides is 1. The average molecular weight is 468 g/mol. The fourth-order valence-electron chi connectivity index (χ4n) is 3.86. The van der Waals surface area contributed by atoms with Crippen molar-refractivity contribution in [2.24, 2.45) is 0 Å². The second kappa shape index (κ2) is 9.72. The summed E-state index contributed by atoms with van der Waals surface area (Å²) in [5.41, 5.74) is 2.91. The van der Waals surface area contributed by atoms with E-state index in [9.17, 15) is 17.6 Å². The maximum Gasteiger partial charge on any atom is 0.255 e. The molecule has 0 radical (unpaired) electrons. The van der Waals surface area contributed by atoms with E-state index >= 15 is 0 Å². The third-order valence-electron chi connectivity index (χ3n) is 5.76. The van der Waals surface area contributed by atoms with E-state index in [1.165, 1.54) is 28.6 Å². The number of nitrogens with one attached hydrogen (secondary N) is 1. The van der Waals surface area contributed by atoms with Gasteiger partial charge >= 0.3 is 0 Å². The van der Waals surface area contributed by atoms with E-state index in [4.69, 9.17) is 0 Å². The first kappa shape index (κ1) is 22.9. The molecule has 0 atom stereocenters. The maximum atomic E-state index is 13.2. The minimum atomic E-state index is -3.75. The lowest BCUT2D eigenvalue weighted by Crippen LogP contribution is -2.48. The summed E-state index contributed by atoms with van der Waals surface area (Å²) >= 11 is 0. The van der Waals surface area contributed by atoms with E-state index in [0.29, 0.717) is 31.9 Å². The average Bonchev–Trinajstić information content (AvgIpc) is 2.85. The van der Waals surface area contributed by atoms with E-state index < -0.39 is 10.0 Å². The molecular formula is C25H26FN3O3S. The van der Waals surface area contributed by atoms with Crippen LogP contribution in [0.1, 0.15) is 22.8 Å². The third-order valence-corrected chi connectivity index (χ3v) is 7.65. The zero-order valence-corrected chi connectivity index (χ0v) is 19.2. The molecule has 3 aromatic carbocycles. The Kier molecular flexibility index (Phi) is 6.76. The Labute approximate surface area is 193 Å². The predicted molar refractivity (Wildman–Crippen MR) is 128 cm³/mol. The highest BCUT2D eigenvalue weighted by atomic mass is 32.2. The number of sulfonamides is 1. The zero-order valence-electron chi connectivity index (χ0n) is 18.4. The molecule has 1 fully saturated rings. The summed E-state index contributed by atoms with van der Waals surface area (Å²) in [6.07, 6.45) is 0.853. The van der Waals surface area contributed by atoms with E-state index in [0.717, 1.165) is 17.7 Å². The van der Waals surface area contributed by atoms with Crippen LogP contribution in [0.4, 0.5) is 15.8 Å². The highest BCUT2D eigenvalue weighted by Crippen LogP contribution is 2.23. The summed E-state index contributed by atoms with van der Waals surface area (Å²) in [5.74, 6) is -0.664. The summed E-state index contributed by atoms with van der Waals surface area (Å²) < 4.78 is 41.0. The Bertz CT molecular complexity index is 1240. The Morgan fingerprint density at radius 2 is 1.64 bits per heavy atom. The molecule has 1 aliphatic rings. The molecule has 4 rings (SSSR count). The number of rotatable bonds is 6. The lowest BCUT2D eigenvalue weighted by atomic mass is 10.1. The monoisotopic (exact) mass is 467 g/mol. The Hall–Kier alpha value is -3.23. The van der Waals surface area contributed by atoms with Gasteiger partial charge in [0, 0.05) is 43.1 Å². The highest BCUT2D eigenvalue weighted by molar-refractivity contribution is 7.89. The number of halogens is 1. The number of hydrogen-bond donors (Lipinski definition) is 1. The smallest absolute Gasteiger partial charge is 0.255 e. The topological polar surface area (TPSA) is 69.7 Å². The van der Waals surface area contributed by atoms with E-state index in [1.807, 2.05) is 30.0 Å². The molecule has 0 aromatic heterocycles. The SMILES string of the molecule is CCc1cccc(NC(=O)c2cccc(S(=O)(=O)N3CCN(c4ccc(F)cc4)CC3)c2)c1. The van der Waals surface area contributed by atoms with Gasteiger partial charge in [0.2, 0.25) is 10.0 Å². The number of nitrogens with zero attached hydrogens (tertiary/aromatic N) is 2. The number of hydrogen-bond acceptors (Lipinski definition) is 4. The summed E-state index contributed by atoms with van der Waals surface area (Å²) in [6.45, 7) is 3.65. The van der Waals surface area contributed by atoms with Crippen LogP contribution in [0.2, 0.25) is 0 Å². The van der Waals surface area contributed by atoms with Crippen molar-refractivity contribution in [3.63, 3.8) is 0 Å². The van der Waals surface area contributed by atoms with E-state index in [2.05, 4.69) is 5.32 Å². The van der Waals surface area contributed by atoms with Gasteiger partial charge in [-0.15, -0.1) is 0 Å². The number of piperazine rings is 1. The van der Waals surface area contributed by atoms with Crippen LogP contribution in [0.25, 0.3) is 0 Å². The second-order valence-electron chi connectivity index (χ2n) is 7.90. The fourth-order valence-corrected chi connectivity index (χ4v) is 5.33. The zero-order chi connectivity index (χ0) is 23.4. The van der Waals surface area contributed by atoms with Gasteiger partial charge in [-0.05, 0) is 66.6 Å². The van der Waals surface area contributed by atoms with Crippen LogP contribution in [-0.2, 0) is 16.4 Å². The minimum Gasteiger partial charge on any atom is -0.369 e. The molecule has 3 aromatic rings. The van der Waals surface area contributed by atoms with Crippen LogP contribution in [0.3, 0.4) is 0 Å². The first-order valence-electron chi connectivity index (χ1n) is 10.9. The summed E-state index contributed by atoms with van der Waals surface area (Å²) in [5, 5.41) is 2.84. The molecule has 0 spiro atoms. The van der Waals surface area contributed by atoms with Crippen molar-refractivity contribution in [3.05, 3.63) is 89.7 Å². The van der Waals surface area contributed by atoms with Crippen molar-refractivity contribution in [3.8, 4) is 0 Å². The van der Waals surface area contributed by atoms with Gasteiger partial charge in [0.1, 0.15) is 5.82 Å². The number of aryl methyl sites for hydroxylation is 1. The second-order valence-corrected chi connectivity index (χ2v) is 9.84. The van der Waals surface area contributed by atoms with Crippen molar-refractivity contribution in [2.45, 2.75) is 18.2 Å². The van der Waals surface area contributed by atoms with Gasteiger partial charge in [-0.3, -0.25) is 4.79 Å². The number of carbonyl (C=O) groups is 1. The Morgan fingerprint density at radius 3 is 2.33 bits per heavy atom. The van der Waals surface area contributed by atoms with Crippen molar-refractivity contribution >= 4 is 27.3 Å². The summed E-state index contributed by atoms with van der Waals surface area (Å²) in [4.78, 5) is 14.9. The molecule has 8 heteroatoms. The van der Waals surface area contributed by atoms with Crippen molar-refractivity contribution in [2.75, 3.05) is 36.4 Å². The standard InChI is InChI=1S/C25H26FN3O3S/c1-2-19-5-3-7-22(17-19)27-25(30)20-6-4-8-24(18-20)33(31,32)29-15-13-28(14-16-29)23-11-9-21(26)10-12-23/h3-12,17-18H,2,13-16H2,1H3,(H,27,30). The largest absolute Gasteiger partial charge is 0.369 e. The quantitative estimate of drug-likeness (QED) is 0.591. The first-order chi connectivity index (χ1) is 15.9. The molecule has 6 nitrogen and oxygen atoms in total. The predicted octanol–water partition coefficient (Wildman–Crippen LogP) is 4.15. The van der Waals surface area contributed by atoms with Crippen LogP contribution >= 0.6 is 0 Å². The molecule has 172 valence electrons. The Balaban J connectivity index is 1.45. The molecule has 1 saturated heterocycles. The molecule has 0 unspecified atom stereocenters. The van der Waals surface area contributed by atoms with Crippen LogP contribution in [0.5, 0.6) is 0 Å². The van der Waals surface area contributed by atoms with Gasteiger partial charge in [-0.25, -0.2) is 12.8 Å². The number of anilines is 2. The molecule has 33 heavy (non-hydrogen) atoms. The number of carbonyl (C=O) groups excluding carboxylic acids is 1. The fraction of sp³-hybridized carbons (Fsp3) is 0.240. The molecule has 1 aliphatic heterocycles. The van der Waals surface area contributed by atoms with Crippen molar-refractivity contribution < 1.29 is 17.6 Å². The lowest BCUT2D eigenvalue weighted by molar-refractivity contribution is 0.102. The Morgan fingerprint density at radius 1 is 0.939 bits per heavy atom. The molecule has 0 aliphatic carbocycles. The van der Waals surface area contributed by atoms with Gasteiger partial charge in [0.25, 0.3) is 5.91 Å². The highest BCUT2D eigenvalue weighted by Gasteiger charge is 2.29. The van der Waals surface area contributed by atoms with Crippen LogP contribution in [-0.4, -0.2) is 44.8 Å². The maximum absolute atomic E-state index is 13.2. The van der Waals surface area contributed by atoms with Crippen LogP contribution in [0.15, 0.2) is 77.7 Å². The summed E-state index contributed by atoms with van der Waals surface area (Å²) in [7, 11) is -3.75. The molecule has 1 N–H and O–H groups in total. The van der Waals surface area contributed by atoms with Gasteiger partial charge in [0.05, 0.1) is 4.90 Å². The van der Waals surface area contributed by atoms with Crippen molar-refractivity contribution in [1.82, 2.24) is 4.31 Å². The number of benzene rings is 3. The van der Waals surface area contributed by atoms with Gasteiger partial charge in [-0.2, -0.15) is 4.31 Å². The van der Waals surface area contributed by atoms with E-state index in [1.54, 1.807) is 30.3 Å². The molecule has 0 bridgehead atoms. The molecule has 1 heterocycles. The normalized spacial score (nSPS) is 14.8. The third kappa shape index (κ3) is 5.23. The van der Waals surface area contributed by atoms with Crippen molar-refractivity contribution in [1.29, 1.82) is 0 Å². The van der Waals surface area contributed by atoms with Crippen LogP contribution < -0.4 is 10.2 Å². The lowest BCUT2D eigenvalue weighted by Gasteiger charge is -2.35. The first-order valence-corrected chi connectivity index (χ1v) is 12.3. The van der Waals surface area contributed by atoms with Gasteiger partial charge in [0.15, 0.2) is 0 Å². The minimum absolute atomic E-state index is 0.0905. The van der Waals surface area contributed by atoms with E-state index in [-0.39, 0.29) is 22.2 Å². The molecule has 0 saturated carbocycles. The van der Waals surface area contributed by atoms with Gasteiger partial charge < -0.3 is 10.2 Å². The van der Waals surface area contributed by atoms with Crippen LogP contribution in [0, 0.1) is 5.82 Å². The molecule has 1 amide bonds.